The molecule has 0 unspecified atom stereocenters. The van der Waals surface area contributed by atoms with Gasteiger partial charge >= 0.3 is 7.82 Å². The summed E-state index contributed by atoms with van der Waals surface area (Å²) in [6, 6.07) is 0. The van der Waals surface area contributed by atoms with Crippen LogP contribution >= 0.6 is 7.82 Å². The first kappa shape index (κ1) is 23.5. The molecule has 0 aliphatic carbocycles. The van der Waals surface area contributed by atoms with E-state index in [-0.39, 0.29) is 109 Å². The van der Waals surface area contributed by atoms with Gasteiger partial charge in [0.05, 0.1) is 6.61 Å². The predicted molar refractivity (Wildman–Crippen MR) is 62.9 cm³/mol. The van der Waals surface area contributed by atoms with Gasteiger partial charge in [-0.15, -0.1) is 0 Å². The van der Waals surface area contributed by atoms with Gasteiger partial charge in [-0.1, -0.05) is 39.0 Å². The zero-order valence-corrected chi connectivity index (χ0v) is 17.2. The van der Waals surface area contributed by atoms with E-state index >= 15 is 0 Å². The van der Waals surface area contributed by atoms with Crippen molar-refractivity contribution < 1.29 is 18.9 Å². The van der Waals surface area contributed by atoms with E-state index < -0.39 is 7.82 Å². The molecule has 0 aliphatic heterocycles. The first-order valence-corrected chi connectivity index (χ1v) is 6.29. The summed E-state index contributed by atoms with van der Waals surface area (Å²) in [5.41, 5.74) is 0. The fourth-order valence-electron chi connectivity index (χ4n) is 1.07. The standard InChI is InChI=1S/C8H19O4P.2K/c1-2-3-4-5-6-7-8-12-13(9,10)11;;/h2-8H2,1H3,(H2,9,10,11);;. The van der Waals surface area contributed by atoms with Gasteiger partial charge in [0, 0.05) is 103 Å². The van der Waals surface area contributed by atoms with Gasteiger partial charge in [0.2, 0.25) is 0 Å². The Labute approximate surface area is 177 Å². The summed E-state index contributed by atoms with van der Waals surface area (Å²) in [5, 5.41) is 0. The Morgan fingerprint density at radius 3 is 1.93 bits per heavy atom. The Balaban J connectivity index is -0.000000720. The molecule has 0 aliphatic rings. The van der Waals surface area contributed by atoms with Crippen molar-refractivity contribution in [3.63, 3.8) is 0 Å². The monoisotopic (exact) mass is 288 g/mol. The van der Waals surface area contributed by atoms with E-state index in [2.05, 4.69) is 11.4 Å². The van der Waals surface area contributed by atoms with Gasteiger partial charge in [0.1, 0.15) is 0 Å². The van der Waals surface area contributed by atoms with Crippen molar-refractivity contribution in [3.8, 4) is 0 Å². The van der Waals surface area contributed by atoms with Crippen LogP contribution in [-0.4, -0.2) is 119 Å². The Morgan fingerprint density at radius 2 is 1.47 bits per heavy atom. The third-order valence-electron chi connectivity index (χ3n) is 1.76. The van der Waals surface area contributed by atoms with E-state index in [1.165, 1.54) is 19.3 Å². The van der Waals surface area contributed by atoms with Crippen LogP contribution in [0.3, 0.4) is 0 Å². The van der Waals surface area contributed by atoms with Crippen molar-refractivity contribution in [3.05, 3.63) is 0 Å². The molecule has 0 atom stereocenters. The van der Waals surface area contributed by atoms with Crippen LogP contribution < -0.4 is 0 Å². The smallest absolute Gasteiger partial charge is 0.303 e. The minimum absolute atomic E-state index is 0. The summed E-state index contributed by atoms with van der Waals surface area (Å²) in [4.78, 5) is 16.7. The van der Waals surface area contributed by atoms with Crippen molar-refractivity contribution in [1.82, 2.24) is 0 Å². The number of rotatable bonds is 8. The number of phosphoric ester groups is 1. The van der Waals surface area contributed by atoms with Gasteiger partial charge in [-0.3, -0.25) is 4.52 Å². The van der Waals surface area contributed by atoms with Crippen LogP contribution in [0.2, 0.25) is 0 Å². The summed E-state index contributed by atoms with van der Waals surface area (Å²) >= 11 is 0. The molecule has 7 heteroatoms. The minimum atomic E-state index is -4.23. The van der Waals surface area contributed by atoms with Crippen LogP contribution in [0.5, 0.6) is 0 Å². The van der Waals surface area contributed by atoms with E-state index in [0.29, 0.717) is 0 Å². The number of hydrogen-bond acceptors (Lipinski definition) is 2. The Kier molecular flexibility index (Phi) is 24.2. The van der Waals surface area contributed by atoms with E-state index in [9.17, 15) is 4.57 Å². The molecule has 0 heterocycles. The molecule has 0 aromatic carbocycles. The van der Waals surface area contributed by atoms with Gasteiger partial charge in [0.25, 0.3) is 0 Å². The van der Waals surface area contributed by atoms with Crippen LogP contribution in [-0.2, 0) is 9.09 Å². The second kappa shape index (κ2) is 15.4. The topological polar surface area (TPSA) is 66.8 Å². The second-order valence-corrected chi connectivity index (χ2v) is 4.33. The third-order valence-corrected chi connectivity index (χ3v) is 2.28. The van der Waals surface area contributed by atoms with E-state index in [1.54, 1.807) is 0 Å². The van der Waals surface area contributed by atoms with Gasteiger partial charge in [-0.25, -0.2) is 4.57 Å². The molecule has 0 bridgehead atoms. The molecule has 0 saturated heterocycles. The fraction of sp³-hybridized carbons (Fsp3) is 1.00. The zero-order chi connectivity index (χ0) is 10.2. The zero-order valence-electron chi connectivity index (χ0n) is 10.1. The molecule has 0 amide bonds. The molecule has 0 spiro atoms. The van der Waals surface area contributed by atoms with E-state index in [4.69, 9.17) is 9.79 Å². The van der Waals surface area contributed by atoms with Gasteiger partial charge in [-0.2, -0.15) is 0 Å². The molecule has 0 rings (SSSR count). The van der Waals surface area contributed by atoms with E-state index in [0.717, 1.165) is 19.3 Å². The molecule has 2 N–H and O–H groups in total. The Morgan fingerprint density at radius 1 is 1.00 bits per heavy atom. The maximum atomic E-state index is 10.2. The molecular formula is C8H19K2O4P. The van der Waals surface area contributed by atoms with Crippen molar-refractivity contribution >= 4 is 111 Å². The average Bonchev–Trinajstić information content (AvgIpc) is 2.01. The summed E-state index contributed by atoms with van der Waals surface area (Å²) in [6.45, 7) is 2.31. The Hall–Kier alpha value is 3.38. The third kappa shape index (κ3) is 23.0. The maximum absolute atomic E-state index is 10.2. The summed E-state index contributed by atoms with van der Waals surface area (Å²) in [5.74, 6) is 0. The van der Waals surface area contributed by atoms with Gasteiger partial charge < -0.3 is 9.79 Å². The average molecular weight is 288 g/mol. The van der Waals surface area contributed by atoms with Crippen LogP contribution in [0.15, 0.2) is 0 Å². The maximum Gasteiger partial charge on any atom is 0.469 e. The van der Waals surface area contributed by atoms with Crippen molar-refractivity contribution in [2.45, 2.75) is 45.4 Å². The molecule has 0 aromatic heterocycles. The number of hydrogen-bond donors (Lipinski definition) is 2. The van der Waals surface area contributed by atoms with E-state index in [1.807, 2.05) is 0 Å². The summed E-state index contributed by atoms with van der Waals surface area (Å²) < 4.78 is 14.5. The minimum Gasteiger partial charge on any atom is -0.303 e. The molecule has 0 fully saturated rings. The second-order valence-electron chi connectivity index (χ2n) is 3.09. The first-order valence-electron chi connectivity index (χ1n) is 4.76. The van der Waals surface area contributed by atoms with Gasteiger partial charge in [-0.05, 0) is 6.42 Å². The predicted octanol–water partition coefficient (Wildman–Crippen LogP) is 1.69. The van der Waals surface area contributed by atoms with Crippen LogP contribution in [0.4, 0.5) is 0 Å². The summed E-state index contributed by atoms with van der Waals surface area (Å²) in [6.07, 6.45) is 6.48. The normalized spacial score (nSPS) is 10.3. The number of phosphoric acid groups is 1. The van der Waals surface area contributed by atoms with Crippen LogP contribution in [0.25, 0.3) is 0 Å². The fourth-order valence-corrected chi connectivity index (χ4v) is 1.43. The molecule has 2 radical (unpaired) electrons. The molecule has 15 heavy (non-hydrogen) atoms. The largest absolute Gasteiger partial charge is 0.469 e. The molecule has 82 valence electrons. The number of unbranched alkanes of at least 4 members (excludes halogenated alkanes) is 5. The molecule has 4 nitrogen and oxygen atoms in total. The van der Waals surface area contributed by atoms with Gasteiger partial charge in [0.15, 0.2) is 0 Å². The SMILES string of the molecule is CCCCCCCCOP(=O)(O)O.[K].[K]. The molecule has 0 aromatic rings. The van der Waals surface area contributed by atoms with Crippen LogP contribution in [0.1, 0.15) is 45.4 Å². The Bertz CT molecular complexity index is 163. The quantitative estimate of drug-likeness (QED) is 0.405. The molecule has 0 saturated carbocycles. The van der Waals surface area contributed by atoms with Crippen molar-refractivity contribution in [2.24, 2.45) is 0 Å². The molecular weight excluding hydrogens is 269 g/mol. The summed E-state index contributed by atoms with van der Waals surface area (Å²) in [7, 11) is -4.23. The van der Waals surface area contributed by atoms with Crippen molar-refractivity contribution in [1.29, 1.82) is 0 Å². The first-order chi connectivity index (χ1) is 6.06. The van der Waals surface area contributed by atoms with Crippen LogP contribution in [0, 0.1) is 0 Å². The van der Waals surface area contributed by atoms with Crippen molar-refractivity contribution in [2.75, 3.05) is 6.61 Å².